The van der Waals surface area contributed by atoms with E-state index in [9.17, 15) is 0 Å². The van der Waals surface area contributed by atoms with Gasteiger partial charge in [0.05, 0.1) is 19.8 Å². The third kappa shape index (κ3) is 2.92. The molecule has 0 radical (unpaired) electrons. The molecule has 0 saturated heterocycles. The minimum absolute atomic E-state index is 0.0989. The number of thiophene rings is 1. The van der Waals surface area contributed by atoms with Gasteiger partial charge in [0, 0.05) is 4.88 Å². The summed E-state index contributed by atoms with van der Waals surface area (Å²) in [4.78, 5) is 0.994. The summed E-state index contributed by atoms with van der Waals surface area (Å²) >= 11 is 1.57. The highest BCUT2D eigenvalue weighted by Gasteiger charge is 2.02. The Labute approximate surface area is 99.1 Å². The molecular weight excluding hydrogens is 220 g/mol. The van der Waals surface area contributed by atoms with E-state index in [1.807, 2.05) is 41.8 Å². The fraction of sp³-hybridized carbons (Fsp3) is 0.231. The maximum absolute atomic E-state index is 9.08. The molecule has 2 rings (SSSR count). The van der Waals surface area contributed by atoms with E-state index in [1.165, 1.54) is 5.56 Å². The molecule has 3 heteroatoms. The van der Waals surface area contributed by atoms with Gasteiger partial charge in [-0.1, -0.05) is 30.3 Å². The summed E-state index contributed by atoms with van der Waals surface area (Å²) < 4.78 is 5.60. The highest BCUT2D eigenvalue weighted by atomic mass is 32.1. The van der Waals surface area contributed by atoms with Crippen LogP contribution in [0.15, 0.2) is 41.8 Å². The van der Waals surface area contributed by atoms with E-state index in [-0.39, 0.29) is 6.61 Å². The Kier molecular flexibility index (Phi) is 4.10. The van der Waals surface area contributed by atoms with Gasteiger partial charge in [0.1, 0.15) is 0 Å². The van der Waals surface area contributed by atoms with Crippen LogP contribution in [0, 0.1) is 0 Å². The van der Waals surface area contributed by atoms with Crippen LogP contribution in [0.4, 0.5) is 0 Å². The maximum Gasteiger partial charge on any atom is 0.0778 e. The third-order valence-electron chi connectivity index (χ3n) is 2.35. The van der Waals surface area contributed by atoms with Crippen molar-refractivity contribution >= 4 is 11.3 Å². The Morgan fingerprint density at radius 2 is 1.88 bits per heavy atom. The number of ether oxygens (including phenoxy) is 1. The molecule has 0 unspecified atom stereocenters. The zero-order chi connectivity index (χ0) is 11.2. The van der Waals surface area contributed by atoms with Gasteiger partial charge < -0.3 is 9.84 Å². The van der Waals surface area contributed by atoms with Crippen molar-refractivity contribution in [2.45, 2.75) is 19.8 Å². The van der Waals surface area contributed by atoms with Gasteiger partial charge in [-0.25, -0.2) is 0 Å². The van der Waals surface area contributed by atoms with E-state index < -0.39 is 0 Å². The number of rotatable bonds is 5. The quantitative estimate of drug-likeness (QED) is 0.862. The summed E-state index contributed by atoms with van der Waals surface area (Å²) in [5, 5.41) is 11.1. The summed E-state index contributed by atoms with van der Waals surface area (Å²) in [6, 6.07) is 12.1. The van der Waals surface area contributed by atoms with Crippen molar-refractivity contribution in [3.05, 3.63) is 57.8 Å². The Morgan fingerprint density at radius 3 is 2.62 bits per heavy atom. The Morgan fingerprint density at radius 1 is 1.06 bits per heavy atom. The van der Waals surface area contributed by atoms with Crippen LogP contribution >= 0.6 is 11.3 Å². The monoisotopic (exact) mass is 234 g/mol. The van der Waals surface area contributed by atoms with E-state index in [0.29, 0.717) is 13.2 Å². The van der Waals surface area contributed by atoms with Gasteiger partial charge in [-0.3, -0.25) is 0 Å². The standard InChI is InChI=1S/C13H14O2S/c14-8-13-12(6-7-16-13)10-15-9-11-4-2-1-3-5-11/h1-7,14H,8-10H2. The number of hydrogen-bond acceptors (Lipinski definition) is 3. The molecule has 0 spiro atoms. The van der Waals surface area contributed by atoms with E-state index in [1.54, 1.807) is 11.3 Å². The van der Waals surface area contributed by atoms with Crippen molar-refractivity contribution in [3.63, 3.8) is 0 Å². The lowest BCUT2D eigenvalue weighted by atomic mass is 10.2. The Balaban J connectivity index is 1.85. The largest absolute Gasteiger partial charge is 0.391 e. The van der Waals surface area contributed by atoms with Crippen LogP contribution in [-0.4, -0.2) is 5.11 Å². The fourth-order valence-electron chi connectivity index (χ4n) is 1.49. The molecule has 1 heterocycles. The van der Waals surface area contributed by atoms with E-state index >= 15 is 0 Å². The molecule has 0 amide bonds. The Bertz CT molecular complexity index is 423. The molecule has 2 aromatic rings. The molecule has 0 atom stereocenters. The van der Waals surface area contributed by atoms with Crippen molar-refractivity contribution in [1.29, 1.82) is 0 Å². The lowest BCUT2D eigenvalue weighted by Gasteiger charge is -2.04. The van der Waals surface area contributed by atoms with Gasteiger partial charge in [0.2, 0.25) is 0 Å². The number of aliphatic hydroxyl groups is 1. The molecule has 1 aromatic carbocycles. The first-order valence-electron chi connectivity index (χ1n) is 5.18. The minimum atomic E-state index is 0.0989. The molecule has 16 heavy (non-hydrogen) atoms. The van der Waals surface area contributed by atoms with Gasteiger partial charge >= 0.3 is 0 Å². The number of hydrogen-bond donors (Lipinski definition) is 1. The van der Waals surface area contributed by atoms with Crippen LogP contribution in [0.25, 0.3) is 0 Å². The van der Waals surface area contributed by atoms with Gasteiger partial charge in [0.25, 0.3) is 0 Å². The van der Waals surface area contributed by atoms with Crippen LogP contribution in [0.1, 0.15) is 16.0 Å². The minimum Gasteiger partial charge on any atom is -0.391 e. The third-order valence-corrected chi connectivity index (χ3v) is 3.30. The van der Waals surface area contributed by atoms with Crippen LogP contribution < -0.4 is 0 Å². The zero-order valence-corrected chi connectivity index (χ0v) is 9.74. The second-order valence-corrected chi connectivity index (χ2v) is 4.51. The average molecular weight is 234 g/mol. The molecule has 84 valence electrons. The SMILES string of the molecule is OCc1sccc1COCc1ccccc1. The number of aliphatic hydroxyl groups excluding tert-OH is 1. The summed E-state index contributed by atoms with van der Waals surface area (Å²) in [5.74, 6) is 0. The van der Waals surface area contributed by atoms with Crippen molar-refractivity contribution < 1.29 is 9.84 Å². The molecule has 0 aliphatic rings. The van der Waals surface area contributed by atoms with Crippen molar-refractivity contribution in [2.75, 3.05) is 0 Å². The lowest BCUT2D eigenvalue weighted by Crippen LogP contribution is -1.95. The number of benzene rings is 1. The predicted octanol–water partition coefficient (Wildman–Crippen LogP) is 2.96. The summed E-state index contributed by atoms with van der Waals surface area (Å²) in [5.41, 5.74) is 2.26. The van der Waals surface area contributed by atoms with Gasteiger partial charge in [0.15, 0.2) is 0 Å². The van der Waals surface area contributed by atoms with Crippen LogP contribution in [0.3, 0.4) is 0 Å². The normalized spacial score (nSPS) is 10.6. The maximum atomic E-state index is 9.08. The zero-order valence-electron chi connectivity index (χ0n) is 8.93. The Hall–Kier alpha value is -1.16. The molecular formula is C13H14O2S. The molecule has 1 N–H and O–H groups in total. The first-order chi connectivity index (χ1) is 7.90. The van der Waals surface area contributed by atoms with E-state index in [2.05, 4.69) is 0 Å². The highest BCUT2D eigenvalue weighted by molar-refractivity contribution is 7.10. The molecule has 0 bridgehead atoms. The molecule has 0 fully saturated rings. The van der Waals surface area contributed by atoms with E-state index in [0.717, 1.165) is 10.4 Å². The van der Waals surface area contributed by atoms with Crippen molar-refractivity contribution in [1.82, 2.24) is 0 Å². The highest BCUT2D eigenvalue weighted by Crippen LogP contribution is 2.18. The molecule has 0 saturated carbocycles. The molecule has 0 aliphatic carbocycles. The van der Waals surface area contributed by atoms with Crippen LogP contribution in [-0.2, 0) is 24.6 Å². The lowest BCUT2D eigenvalue weighted by molar-refractivity contribution is 0.106. The first kappa shape index (κ1) is 11.3. The van der Waals surface area contributed by atoms with Gasteiger partial charge in [-0.15, -0.1) is 11.3 Å². The van der Waals surface area contributed by atoms with Gasteiger partial charge in [-0.2, -0.15) is 0 Å². The van der Waals surface area contributed by atoms with Crippen molar-refractivity contribution in [2.24, 2.45) is 0 Å². The predicted molar refractivity (Wildman–Crippen MR) is 65.2 cm³/mol. The van der Waals surface area contributed by atoms with Crippen molar-refractivity contribution in [3.8, 4) is 0 Å². The first-order valence-corrected chi connectivity index (χ1v) is 6.06. The smallest absolute Gasteiger partial charge is 0.0778 e. The van der Waals surface area contributed by atoms with Gasteiger partial charge in [-0.05, 0) is 22.6 Å². The van der Waals surface area contributed by atoms with Crippen LogP contribution in [0.2, 0.25) is 0 Å². The van der Waals surface area contributed by atoms with Crippen LogP contribution in [0.5, 0.6) is 0 Å². The van der Waals surface area contributed by atoms with E-state index in [4.69, 9.17) is 9.84 Å². The average Bonchev–Trinajstić information content (AvgIpc) is 2.78. The second-order valence-electron chi connectivity index (χ2n) is 3.51. The summed E-state index contributed by atoms with van der Waals surface area (Å²) in [6.45, 7) is 1.28. The molecule has 0 aliphatic heterocycles. The molecule has 2 nitrogen and oxygen atoms in total. The second kappa shape index (κ2) is 5.80. The summed E-state index contributed by atoms with van der Waals surface area (Å²) in [7, 11) is 0. The topological polar surface area (TPSA) is 29.5 Å². The fourth-order valence-corrected chi connectivity index (χ4v) is 2.24. The molecule has 1 aromatic heterocycles. The summed E-state index contributed by atoms with van der Waals surface area (Å²) in [6.07, 6.45) is 0.